The molecule has 0 radical (unpaired) electrons. The van der Waals surface area contributed by atoms with Crippen LogP contribution in [-0.2, 0) is 0 Å². The Morgan fingerprint density at radius 3 is 2.58 bits per heavy atom. The van der Waals surface area contributed by atoms with Crippen molar-refractivity contribution in [2.24, 2.45) is 10.9 Å². The van der Waals surface area contributed by atoms with Crippen LogP contribution in [0.4, 0.5) is 4.39 Å². The molecule has 4 nitrogen and oxygen atoms in total. The molecule has 1 heterocycles. The first-order chi connectivity index (χ1) is 9.10. The van der Waals surface area contributed by atoms with E-state index < -0.39 is 0 Å². The lowest BCUT2D eigenvalue weighted by Gasteiger charge is -2.08. The molecule has 1 aromatic heterocycles. The van der Waals surface area contributed by atoms with Crippen molar-refractivity contribution < 1.29 is 9.60 Å². The molecule has 0 amide bonds. The number of aryl methyl sites for hydroxylation is 1. The average Bonchev–Trinajstić information content (AvgIpc) is 2.41. The summed E-state index contributed by atoms with van der Waals surface area (Å²) in [6, 6.07) is 9.58. The van der Waals surface area contributed by atoms with Gasteiger partial charge in [0, 0.05) is 10.6 Å². The molecular formula is C13H12FN3OS. The highest BCUT2D eigenvalue weighted by Crippen LogP contribution is 2.29. The number of hydrogen-bond acceptors (Lipinski definition) is 4. The predicted molar refractivity (Wildman–Crippen MR) is 72.0 cm³/mol. The van der Waals surface area contributed by atoms with E-state index in [1.165, 1.54) is 23.9 Å². The maximum Gasteiger partial charge on any atom is 0.172 e. The molecule has 1 aromatic carbocycles. The SMILES string of the molecule is Cc1ccc(C(N)=NO)c(Sc2ccc(F)cc2)n1. The molecule has 0 aliphatic carbocycles. The Bertz CT molecular complexity index is 614. The second-order valence-corrected chi connectivity index (χ2v) is 4.91. The lowest BCUT2D eigenvalue weighted by Crippen LogP contribution is -2.15. The summed E-state index contributed by atoms with van der Waals surface area (Å²) < 4.78 is 12.9. The Balaban J connectivity index is 2.38. The summed E-state index contributed by atoms with van der Waals surface area (Å²) in [5.74, 6) is -0.296. The molecule has 19 heavy (non-hydrogen) atoms. The number of oxime groups is 1. The molecule has 98 valence electrons. The number of aromatic nitrogens is 1. The van der Waals surface area contributed by atoms with Crippen molar-refractivity contribution in [3.05, 3.63) is 53.5 Å². The third kappa shape index (κ3) is 3.23. The van der Waals surface area contributed by atoms with Crippen molar-refractivity contribution in [2.45, 2.75) is 16.8 Å². The van der Waals surface area contributed by atoms with Gasteiger partial charge in [0.25, 0.3) is 0 Å². The van der Waals surface area contributed by atoms with Crippen molar-refractivity contribution in [1.29, 1.82) is 0 Å². The smallest absolute Gasteiger partial charge is 0.172 e. The van der Waals surface area contributed by atoms with Crippen LogP contribution in [0, 0.1) is 12.7 Å². The first kappa shape index (κ1) is 13.4. The van der Waals surface area contributed by atoms with Crippen LogP contribution in [0.1, 0.15) is 11.3 Å². The molecule has 0 fully saturated rings. The topological polar surface area (TPSA) is 71.5 Å². The standard InChI is InChI=1S/C13H12FN3OS/c1-8-2-7-11(12(15)17-18)13(16-8)19-10-5-3-9(14)4-6-10/h2-7,18H,1H3,(H2,15,17). The van der Waals surface area contributed by atoms with E-state index in [9.17, 15) is 4.39 Å². The maximum atomic E-state index is 12.9. The molecular weight excluding hydrogens is 265 g/mol. The molecule has 0 saturated carbocycles. The van der Waals surface area contributed by atoms with Crippen molar-refractivity contribution in [1.82, 2.24) is 4.98 Å². The van der Waals surface area contributed by atoms with E-state index in [0.717, 1.165) is 10.6 Å². The number of amidine groups is 1. The highest BCUT2D eigenvalue weighted by molar-refractivity contribution is 7.99. The predicted octanol–water partition coefficient (Wildman–Crippen LogP) is 2.77. The summed E-state index contributed by atoms with van der Waals surface area (Å²) in [6.45, 7) is 1.85. The number of pyridine rings is 1. The molecule has 0 spiro atoms. The Labute approximate surface area is 114 Å². The van der Waals surface area contributed by atoms with Crippen LogP contribution in [-0.4, -0.2) is 16.0 Å². The monoisotopic (exact) mass is 277 g/mol. The fourth-order valence-corrected chi connectivity index (χ4v) is 2.44. The minimum atomic E-state index is -0.293. The van der Waals surface area contributed by atoms with Gasteiger partial charge in [-0.05, 0) is 43.3 Å². The van der Waals surface area contributed by atoms with E-state index in [0.29, 0.717) is 10.6 Å². The fraction of sp³-hybridized carbons (Fsp3) is 0.0769. The molecule has 3 N–H and O–H groups in total. The molecule has 6 heteroatoms. The van der Waals surface area contributed by atoms with Crippen LogP contribution in [0.25, 0.3) is 0 Å². The summed E-state index contributed by atoms with van der Waals surface area (Å²) >= 11 is 1.33. The zero-order valence-electron chi connectivity index (χ0n) is 10.2. The summed E-state index contributed by atoms with van der Waals surface area (Å²) in [4.78, 5) is 5.18. The van der Waals surface area contributed by atoms with Crippen molar-refractivity contribution in [2.75, 3.05) is 0 Å². The van der Waals surface area contributed by atoms with Gasteiger partial charge >= 0.3 is 0 Å². The quantitative estimate of drug-likeness (QED) is 0.391. The van der Waals surface area contributed by atoms with Crippen LogP contribution in [0.5, 0.6) is 0 Å². The van der Waals surface area contributed by atoms with E-state index in [-0.39, 0.29) is 11.7 Å². The van der Waals surface area contributed by atoms with Crippen LogP contribution < -0.4 is 5.73 Å². The van der Waals surface area contributed by atoms with Gasteiger partial charge in [-0.2, -0.15) is 0 Å². The normalized spacial score (nSPS) is 11.6. The Morgan fingerprint density at radius 2 is 1.95 bits per heavy atom. The van der Waals surface area contributed by atoms with E-state index in [4.69, 9.17) is 10.9 Å². The number of nitrogens with two attached hydrogens (primary N) is 1. The van der Waals surface area contributed by atoms with Gasteiger partial charge in [-0.3, -0.25) is 0 Å². The molecule has 0 aliphatic rings. The second kappa shape index (κ2) is 5.71. The van der Waals surface area contributed by atoms with Gasteiger partial charge in [0.2, 0.25) is 0 Å². The lowest BCUT2D eigenvalue weighted by molar-refractivity contribution is 0.318. The lowest BCUT2D eigenvalue weighted by atomic mass is 10.2. The third-order valence-corrected chi connectivity index (χ3v) is 3.42. The zero-order valence-corrected chi connectivity index (χ0v) is 11.0. The van der Waals surface area contributed by atoms with Crippen molar-refractivity contribution in [3.8, 4) is 0 Å². The van der Waals surface area contributed by atoms with Crippen LogP contribution in [0.2, 0.25) is 0 Å². The largest absolute Gasteiger partial charge is 0.409 e. The first-order valence-electron chi connectivity index (χ1n) is 5.49. The first-order valence-corrected chi connectivity index (χ1v) is 6.31. The maximum absolute atomic E-state index is 12.9. The highest BCUT2D eigenvalue weighted by Gasteiger charge is 2.10. The Kier molecular flexibility index (Phi) is 4.01. The summed E-state index contributed by atoms with van der Waals surface area (Å²) in [7, 11) is 0. The van der Waals surface area contributed by atoms with Gasteiger partial charge in [-0.15, -0.1) is 0 Å². The minimum Gasteiger partial charge on any atom is -0.409 e. The Morgan fingerprint density at radius 1 is 1.26 bits per heavy atom. The van der Waals surface area contributed by atoms with E-state index in [1.54, 1.807) is 24.3 Å². The molecule has 0 aliphatic heterocycles. The average molecular weight is 277 g/mol. The van der Waals surface area contributed by atoms with Crippen LogP contribution in [0.15, 0.2) is 51.5 Å². The molecule has 0 atom stereocenters. The number of rotatable bonds is 3. The van der Waals surface area contributed by atoms with Crippen molar-refractivity contribution >= 4 is 17.6 Å². The van der Waals surface area contributed by atoms with E-state index >= 15 is 0 Å². The molecule has 0 bridgehead atoms. The van der Waals surface area contributed by atoms with Gasteiger partial charge in [-0.25, -0.2) is 9.37 Å². The van der Waals surface area contributed by atoms with E-state index in [2.05, 4.69) is 10.1 Å². The Hall–Kier alpha value is -2.08. The fourth-order valence-electron chi connectivity index (χ4n) is 1.47. The summed E-state index contributed by atoms with van der Waals surface area (Å²) in [5, 5.41) is 12.4. The zero-order chi connectivity index (χ0) is 13.8. The number of nitrogens with zero attached hydrogens (tertiary/aromatic N) is 2. The van der Waals surface area contributed by atoms with Gasteiger partial charge in [0.1, 0.15) is 10.8 Å². The molecule has 2 aromatic rings. The summed E-state index contributed by atoms with van der Waals surface area (Å²) in [5.41, 5.74) is 6.97. The number of halogens is 1. The van der Waals surface area contributed by atoms with Crippen LogP contribution >= 0.6 is 11.8 Å². The molecule has 2 rings (SSSR count). The number of hydrogen-bond donors (Lipinski definition) is 2. The van der Waals surface area contributed by atoms with Gasteiger partial charge in [-0.1, -0.05) is 16.9 Å². The second-order valence-electron chi connectivity index (χ2n) is 3.85. The third-order valence-electron chi connectivity index (χ3n) is 2.41. The van der Waals surface area contributed by atoms with E-state index in [1.807, 2.05) is 6.92 Å². The van der Waals surface area contributed by atoms with Crippen LogP contribution in [0.3, 0.4) is 0 Å². The van der Waals surface area contributed by atoms with Gasteiger partial charge in [0.05, 0.1) is 5.56 Å². The highest BCUT2D eigenvalue weighted by atomic mass is 32.2. The number of benzene rings is 1. The van der Waals surface area contributed by atoms with Gasteiger partial charge < -0.3 is 10.9 Å². The molecule has 0 unspecified atom stereocenters. The van der Waals surface area contributed by atoms with Crippen molar-refractivity contribution in [3.63, 3.8) is 0 Å². The minimum absolute atomic E-state index is 0.00267. The molecule has 0 saturated heterocycles. The van der Waals surface area contributed by atoms with Gasteiger partial charge in [0.15, 0.2) is 5.84 Å². The summed E-state index contributed by atoms with van der Waals surface area (Å²) in [6.07, 6.45) is 0.